The number of aliphatic hydroxyl groups is 1. The van der Waals surface area contributed by atoms with Crippen LogP contribution in [0.4, 0.5) is 0 Å². The van der Waals surface area contributed by atoms with Gasteiger partial charge in [0.05, 0.1) is 20.3 Å². The van der Waals surface area contributed by atoms with E-state index in [0.717, 1.165) is 30.2 Å². The summed E-state index contributed by atoms with van der Waals surface area (Å²) >= 11 is 0. The Morgan fingerprint density at radius 1 is 0.952 bits per heavy atom. The summed E-state index contributed by atoms with van der Waals surface area (Å²) in [6.45, 7) is 4.60. The fourth-order valence-corrected chi connectivity index (χ4v) is 3.44. The number of ether oxygens (including phenoxy) is 2. The highest BCUT2D eigenvalue weighted by Crippen LogP contribution is 2.40. The van der Waals surface area contributed by atoms with Crippen molar-refractivity contribution >= 4 is 0 Å². The molecule has 0 radical (unpaired) electrons. The van der Waals surface area contributed by atoms with E-state index < -0.39 is 6.10 Å². The van der Waals surface area contributed by atoms with Gasteiger partial charge in [0.25, 0.3) is 0 Å². The molecule has 1 aromatic carbocycles. The molecule has 3 heteroatoms. The van der Waals surface area contributed by atoms with Crippen LogP contribution in [-0.2, 0) is 0 Å². The topological polar surface area (TPSA) is 38.7 Å². The molecular formula is C18H28O3. The standard InChI is InChI=1S/C18H28O3/c1-12(2)13-5-7-14(8-6-13)18(19)15-9-10-16(20-3)17(11-15)21-4/h9-14,18-19H,5-8H2,1-4H3. The third kappa shape index (κ3) is 3.70. The molecule has 0 aliphatic heterocycles. The predicted molar refractivity (Wildman–Crippen MR) is 84.8 cm³/mol. The molecule has 1 saturated carbocycles. The Kier molecular flexibility index (Phi) is 5.51. The van der Waals surface area contributed by atoms with Gasteiger partial charge in [-0.05, 0) is 61.1 Å². The van der Waals surface area contributed by atoms with Crippen molar-refractivity contribution < 1.29 is 14.6 Å². The first-order chi connectivity index (χ1) is 10.1. The molecule has 3 nitrogen and oxygen atoms in total. The Hall–Kier alpha value is -1.22. The third-order valence-corrected chi connectivity index (χ3v) is 4.95. The number of rotatable bonds is 5. The molecule has 0 saturated heterocycles. The highest BCUT2D eigenvalue weighted by molar-refractivity contribution is 5.43. The average molecular weight is 292 g/mol. The summed E-state index contributed by atoms with van der Waals surface area (Å²) in [5.74, 6) is 3.32. The molecule has 1 aliphatic carbocycles. The van der Waals surface area contributed by atoms with Gasteiger partial charge in [0, 0.05) is 0 Å². The molecule has 1 N–H and O–H groups in total. The van der Waals surface area contributed by atoms with Crippen molar-refractivity contribution in [2.24, 2.45) is 17.8 Å². The first-order valence-electron chi connectivity index (χ1n) is 7.96. The zero-order chi connectivity index (χ0) is 15.4. The second-order valence-corrected chi connectivity index (χ2v) is 6.48. The Morgan fingerprint density at radius 3 is 2.05 bits per heavy atom. The van der Waals surface area contributed by atoms with Crippen molar-refractivity contribution in [3.05, 3.63) is 23.8 Å². The van der Waals surface area contributed by atoms with Crippen LogP contribution < -0.4 is 9.47 Å². The number of hydrogen-bond donors (Lipinski definition) is 1. The lowest BCUT2D eigenvalue weighted by Crippen LogP contribution is -2.23. The van der Waals surface area contributed by atoms with E-state index in [0.29, 0.717) is 17.4 Å². The Labute approximate surface area is 128 Å². The zero-order valence-corrected chi connectivity index (χ0v) is 13.6. The van der Waals surface area contributed by atoms with Gasteiger partial charge in [-0.15, -0.1) is 0 Å². The van der Waals surface area contributed by atoms with Crippen molar-refractivity contribution in [2.45, 2.75) is 45.6 Å². The normalized spacial score (nSPS) is 23.9. The van der Waals surface area contributed by atoms with Gasteiger partial charge >= 0.3 is 0 Å². The molecule has 1 aromatic rings. The van der Waals surface area contributed by atoms with Gasteiger partial charge in [0.15, 0.2) is 11.5 Å². The van der Waals surface area contributed by atoms with Crippen LogP contribution in [0.15, 0.2) is 18.2 Å². The van der Waals surface area contributed by atoms with E-state index in [1.165, 1.54) is 12.8 Å². The molecule has 1 atom stereocenters. The molecule has 0 amide bonds. The van der Waals surface area contributed by atoms with E-state index in [-0.39, 0.29) is 0 Å². The van der Waals surface area contributed by atoms with Gasteiger partial charge in [0.1, 0.15) is 0 Å². The molecule has 2 rings (SSSR count). The van der Waals surface area contributed by atoms with Gasteiger partial charge in [-0.25, -0.2) is 0 Å². The summed E-state index contributed by atoms with van der Waals surface area (Å²) in [6, 6.07) is 5.72. The minimum atomic E-state index is -0.405. The van der Waals surface area contributed by atoms with E-state index in [4.69, 9.17) is 9.47 Å². The van der Waals surface area contributed by atoms with E-state index in [2.05, 4.69) is 13.8 Å². The fourth-order valence-electron chi connectivity index (χ4n) is 3.44. The molecule has 0 aromatic heterocycles. The quantitative estimate of drug-likeness (QED) is 0.884. The Bertz CT molecular complexity index is 448. The third-order valence-electron chi connectivity index (χ3n) is 4.95. The summed E-state index contributed by atoms with van der Waals surface area (Å²) in [5.41, 5.74) is 0.931. The van der Waals surface area contributed by atoms with Crippen LogP contribution in [0, 0.1) is 17.8 Å². The summed E-state index contributed by atoms with van der Waals surface area (Å²) in [6.07, 6.45) is 4.27. The van der Waals surface area contributed by atoms with Crippen molar-refractivity contribution in [3.63, 3.8) is 0 Å². The molecule has 118 valence electrons. The molecule has 0 spiro atoms. The van der Waals surface area contributed by atoms with Crippen LogP contribution >= 0.6 is 0 Å². The summed E-state index contributed by atoms with van der Waals surface area (Å²) in [7, 11) is 3.25. The molecule has 1 unspecified atom stereocenters. The summed E-state index contributed by atoms with van der Waals surface area (Å²) < 4.78 is 10.6. The maximum absolute atomic E-state index is 10.7. The first kappa shape index (κ1) is 16.2. The Balaban J connectivity index is 2.05. The molecule has 1 aliphatic rings. The van der Waals surface area contributed by atoms with Gasteiger partial charge in [-0.2, -0.15) is 0 Å². The van der Waals surface area contributed by atoms with Crippen LogP contribution in [0.2, 0.25) is 0 Å². The minimum Gasteiger partial charge on any atom is -0.493 e. The maximum atomic E-state index is 10.7. The van der Waals surface area contributed by atoms with E-state index in [1.54, 1.807) is 14.2 Å². The van der Waals surface area contributed by atoms with Crippen LogP contribution in [0.1, 0.15) is 51.2 Å². The van der Waals surface area contributed by atoms with E-state index >= 15 is 0 Å². The fraction of sp³-hybridized carbons (Fsp3) is 0.667. The smallest absolute Gasteiger partial charge is 0.161 e. The highest BCUT2D eigenvalue weighted by Gasteiger charge is 2.28. The highest BCUT2D eigenvalue weighted by atomic mass is 16.5. The zero-order valence-electron chi connectivity index (χ0n) is 13.6. The molecule has 1 fully saturated rings. The largest absolute Gasteiger partial charge is 0.493 e. The Morgan fingerprint density at radius 2 is 1.52 bits per heavy atom. The number of benzene rings is 1. The van der Waals surface area contributed by atoms with Crippen LogP contribution in [0.3, 0.4) is 0 Å². The van der Waals surface area contributed by atoms with Gasteiger partial charge in [-0.3, -0.25) is 0 Å². The SMILES string of the molecule is COc1ccc(C(O)C2CCC(C(C)C)CC2)cc1OC. The number of hydrogen-bond acceptors (Lipinski definition) is 3. The van der Waals surface area contributed by atoms with Gasteiger partial charge in [-0.1, -0.05) is 19.9 Å². The molecule has 0 bridgehead atoms. The lowest BCUT2D eigenvalue weighted by atomic mass is 9.74. The van der Waals surface area contributed by atoms with E-state index in [1.807, 2.05) is 18.2 Å². The summed E-state index contributed by atoms with van der Waals surface area (Å²) in [4.78, 5) is 0. The number of methoxy groups -OCH3 is 2. The van der Waals surface area contributed by atoms with Gasteiger partial charge < -0.3 is 14.6 Å². The first-order valence-corrected chi connectivity index (χ1v) is 7.96. The molecule has 0 heterocycles. The lowest BCUT2D eigenvalue weighted by molar-refractivity contribution is 0.0666. The van der Waals surface area contributed by atoms with Crippen LogP contribution in [0.25, 0.3) is 0 Å². The maximum Gasteiger partial charge on any atom is 0.161 e. The van der Waals surface area contributed by atoms with Crippen molar-refractivity contribution in [1.82, 2.24) is 0 Å². The number of aliphatic hydroxyl groups excluding tert-OH is 1. The minimum absolute atomic E-state index is 0.359. The molecular weight excluding hydrogens is 264 g/mol. The second-order valence-electron chi connectivity index (χ2n) is 6.48. The van der Waals surface area contributed by atoms with Crippen molar-refractivity contribution in [2.75, 3.05) is 14.2 Å². The van der Waals surface area contributed by atoms with Crippen molar-refractivity contribution in [3.8, 4) is 11.5 Å². The average Bonchev–Trinajstić information content (AvgIpc) is 2.53. The van der Waals surface area contributed by atoms with Gasteiger partial charge in [0.2, 0.25) is 0 Å². The molecule has 21 heavy (non-hydrogen) atoms. The second kappa shape index (κ2) is 7.17. The lowest BCUT2D eigenvalue weighted by Gasteiger charge is -2.33. The monoisotopic (exact) mass is 292 g/mol. The van der Waals surface area contributed by atoms with Crippen LogP contribution in [0.5, 0.6) is 11.5 Å². The summed E-state index contributed by atoms with van der Waals surface area (Å²) in [5, 5.41) is 10.7. The predicted octanol–water partition coefficient (Wildman–Crippen LogP) is 4.20. The van der Waals surface area contributed by atoms with Crippen molar-refractivity contribution in [1.29, 1.82) is 0 Å². The van der Waals surface area contributed by atoms with Crippen LogP contribution in [-0.4, -0.2) is 19.3 Å². The van der Waals surface area contributed by atoms with E-state index in [9.17, 15) is 5.11 Å².